The van der Waals surface area contributed by atoms with Crippen LogP contribution in [0.15, 0.2) is 66.7 Å². The van der Waals surface area contributed by atoms with Crippen molar-refractivity contribution in [2.45, 2.75) is 12.8 Å². The Kier molecular flexibility index (Phi) is 3.74. The molecule has 1 aliphatic rings. The maximum absolute atomic E-state index is 11.3. The number of nitrogens with zero attached hydrogens (tertiary/aromatic N) is 1. The molecule has 0 bridgehead atoms. The molecule has 0 aliphatic heterocycles. The first kappa shape index (κ1) is 15.7. The van der Waals surface area contributed by atoms with Gasteiger partial charge in [-0.15, -0.1) is 0 Å². The molecule has 0 atom stereocenters. The van der Waals surface area contributed by atoms with Crippen molar-refractivity contribution in [1.29, 1.82) is 0 Å². The second kappa shape index (κ2) is 5.94. The van der Waals surface area contributed by atoms with Crippen molar-refractivity contribution in [2.75, 3.05) is 4.42 Å². The van der Waals surface area contributed by atoms with Gasteiger partial charge in [0, 0.05) is 17.7 Å². The Morgan fingerprint density at radius 1 is 0.880 bits per heavy atom. The normalized spacial score (nSPS) is 12.6. The second-order valence-corrected chi connectivity index (χ2v) is 6.50. The topological polar surface area (TPSA) is 40.5 Å². The maximum atomic E-state index is 11.3. The number of rotatable bonds is 2. The molecule has 1 amide bonds. The first-order valence-electron chi connectivity index (χ1n) is 8.06. The highest BCUT2D eigenvalue weighted by Gasteiger charge is 2.31. The monoisotopic (exact) mass is 349 g/mol. The number of amides is 1. The second-order valence-electron chi connectivity index (χ2n) is 6.16. The van der Waals surface area contributed by atoms with Gasteiger partial charge < -0.3 is 5.11 Å². The lowest BCUT2D eigenvalue weighted by atomic mass is 9.86. The quantitative estimate of drug-likeness (QED) is 0.465. The third kappa shape index (κ3) is 2.39. The van der Waals surface area contributed by atoms with Gasteiger partial charge in [0.2, 0.25) is 0 Å². The molecule has 0 saturated heterocycles. The van der Waals surface area contributed by atoms with Crippen molar-refractivity contribution in [3.8, 4) is 11.1 Å². The summed E-state index contributed by atoms with van der Waals surface area (Å²) in [4.78, 5) is 11.3. The summed E-state index contributed by atoms with van der Waals surface area (Å²) in [5.74, 6) is 0.0752. The minimum absolute atomic E-state index is 0.0752. The van der Waals surface area contributed by atoms with Crippen LogP contribution in [0.4, 0.5) is 10.5 Å². The molecule has 124 valence electrons. The van der Waals surface area contributed by atoms with E-state index in [0.29, 0.717) is 5.69 Å². The van der Waals surface area contributed by atoms with Crippen LogP contribution >= 0.6 is 11.8 Å². The van der Waals surface area contributed by atoms with Crippen LogP contribution in [0.5, 0.6) is 0 Å². The summed E-state index contributed by atoms with van der Waals surface area (Å²) in [7, 11) is 0. The van der Waals surface area contributed by atoms with Gasteiger partial charge in [0.1, 0.15) is 0 Å². The van der Waals surface area contributed by atoms with Crippen LogP contribution in [0.25, 0.3) is 11.1 Å². The third-order valence-corrected chi connectivity index (χ3v) is 5.20. The molecule has 0 radical (unpaired) electrons. The fourth-order valence-electron chi connectivity index (χ4n) is 3.76. The van der Waals surface area contributed by atoms with Crippen LogP contribution in [0.1, 0.15) is 28.2 Å². The molecule has 0 spiro atoms. The summed E-state index contributed by atoms with van der Waals surface area (Å²) in [5.41, 5.74) is 7.37. The summed E-state index contributed by atoms with van der Waals surface area (Å²) in [5, 5.41) is 9.23. The fourth-order valence-corrected chi connectivity index (χ4v) is 3.94. The van der Waals surface area contributed by atoms with Crippen LogP contribution in [-0.4, -0.2) is 11.2 Å². The Morgan fingerprint density at radius 2 is 1.40 bits per heavy atom. The Balaban J connectivity index is 1.94. The lowest BCUT2D eigenvalue weighted by molar-refractivity contribution is 0.206. The summed E-state index contributed by atoms with van der Waals surface area (Å²) in [6.45, 7) is 1.92. The Labute approximate surface area is 151 Å². The van der Waals surface area contributed by atoms with E-state index in [4.69, 9.17) is 11.8 Å². The summed E-state index contributed by atoms with van der Waals surface area (Å²) in [6, 6.07) is 22.4. The average molecular weight is 350 g/mol. The molecule has 3 aromatic carbocycles. The molecule has 4 rings (SSSR count). The summed E-state index contributed by atoms with van der Waals surface area (Å²) in [6.07, 6.45) is -1.19. The van der Waals surface area contributed by atoms with Crippen LogP contribution in [-0.2, 0) is 0 Å². The van der Waals surface area contributed by atoms with Crippen molar-refractivity contribution >= 4 is 23.6 Å². The smallest absolute Gasteiger partial charge is 0.426 e. The molecule has 3 nitrogen and oxygen atoms in total. The number of hydrogen-bond donors (Lipinski definition) is 1. The van der Waals surface area contributed by atoms with Gasteiger partial charge in [-0.2, -0.15) is 4.42 Å². The number of halogens is 1. The SMILES string of the molecule is Cc1c(C2c3ccccc3-c3ccccc32)cccc1N(Cl)C(=O)O. The van der Waals surface area contributed by atoms with E-state index in [2.05, 4.69) is 30.3 Å². The Hall–Kier alpha value is -2.78. The average Bonchev–Trinajstić information content (AvgIpc) is 2.96. The Morgan fingerprint density at radius 3 is 1.96 bits per heavy atom. The van der Waals surface area contributed by atoms with Gasteiger partial charge in [0.05, 0.1) is 5.69 Å². The van der Waals surface area contributed by atoms with Gasteiger partial charge in [0.25, 0.3) is 0 Å². The molecular weight excluding hydrogens is 334 g/mol. The zero-order chi connectivity index (χ0) is 17.6. The van der Waals surface area contributed by atoms with Gasteiger partial charge in [-0.05, 0) is 46.4 Å². The zero-order valence-electron chi connectivity index (χ0n) is 13.6. The van der Waals surface area contributed by atoms with Crippen LogP contribution in [0.3, 0.4) is 0 Å². The number of benzene rings is 3. The number of carboxylic acid groups (broad SMARTS) is 1. The lowest BCUT2D eigenvalue weighted by Gasteiger charge is -2.21. The first-order valence-corrected chi connectivity index (χ1v) is 8.40. The van der Waals surface area contributed by atoms with Gasteiger partial charge >= 0.3 is 6.09 Å². The van der Waals surface area contributed by atoms with Crippen LogP contribution in [0.2, 0.25) is 0 Å². The number of anilines is 1. The van der Waals surface area contributed by atoms with Crippen molar-refractivity contribution < 1.29 is 9.90 Å². The summed E-state index contributed by atoms with van der Waals surface area (Å²) >= 11 is 5.96. The highest BCUT2D eigenvalue weighted by atomic mass is 35.5. The van der Waals surface area contributed by atoms with E-state index in [-0.39, 0.29) is 5.92 Å². The molecule has 0 saturated carbocycles. The number of hydrogen-bond acceptors (Lipinski definition) is 1. The molecule has 4 heteroatoms. The maximum Gasteiger partial charge on any atom is 0.426 e. The zero-order valence-corrected chi connectivity index (χ0v) is 14.4. The van der Waals surface area contributed by atoms with E-state index >= 15 is 0 Å². The molecule has 3 aromatic rings. The van der Waals surface area contributed by atoms with Crippen molar-refractivity contribution in [3.63, 3.8) is 0 Å². The molecule has 0 aromatic heterocycles. The molecule has 0 fully saturated rings. The molecule has 0 heterocycles. The van der Waals surface area contributed by atoms with E-state index in [9.17, 15) is 9.90 Å². The van der Waals surface area contributed by atoms with Gasteiger partial charge in [-0.25, -0.2) is 4.79 Å². The predicted octanol–water partition coefficient (Wildman–Crippen LogP) is 5.79. The largest absolute Gasteiger partial charge is 0.464 e. The fraction of sp³-hybridized carbons (Fsp3) is 0.0952. The van der Waals surface area contributed by atoms with Crippen LogP contribution in [0, 0.1) is 6.92 Å². The van der Waals surface area contributed by atoms with Gasteiger partial charge in [0.15, 0.2) is 0 Å². The molecular formula is C21H16ClNO2. The molecule has 1 N–H and O–H groups in total. The van der Waals surface area contributed by atoms with E-state index in [1.165, 1.54) is 22.3 Å². The molecule has 0 unspecified atom stereocenters. The highest BCUT2D eigenvalue weighted by Crippen LogP contribution is 2.49. The van der Waals surface area contributed by atoms with E-state index < -0.39 is 6.09 Å². The minimum atomic E-state index is -1.19. The summed E-state index contributed by atoms with van der Waals surface area (Å²) < 4.78 is 0.756. The standard InChI is InChI=1S/C21H16ClNO2/c1-13-14(11-6-12-19(13)23(22)21(24)25)20-17-9-4-2-7-15(17)16-8-3-5-10-18(16)20/h2-12,20H,1H3,(H,24,25). The third-order valence-electron chi connectivity index (χ3n) is 4.87. The van der Waals surface area contributed by atoms with Gasteiger partial charge in [-0.3, -0.25) is 0 Å². The first-order chi connectivity index (χ1) is 12.1. The van der Waals surface area contributed by atoms with E-state index in [0.717, 1.165) is 15.5 Å². The van der Waals surface area contributed by atoms with Gasteiger partial charge in [-0.1, -0.05) is 60.7 Å². The lowest BCUT2D eigenvalue weighted by Crippen LogP contribution is -2.19. The highest BCUT2D eigenvalue weighted by molar-refractivity contribution is 6.35. The van der Waals surface area contributed by atoms with E-state index in [1.807, 2.05) is 37.3 Å². The van der Waals surface area contributed by atoms with Crippen molar-refractivity contribution in [2.24, 2.45) is 0 Å². The van der Waals surface area contributed by atoms with Crippen molar-refractivity contribution in [1.82, 2.24) is 0 Å². The number of fused-ring (bicyclic) bond motifs is 3. The van der Waals surface area contributed by atoms with Crippen LogP contribution < -0.4 is 4.42 Å². The molecule has 25 heavy (non-hydrogen) atoms. The van der Waals surface area contributed by atoms with Crippen molar-refractivity contribution in [3.05, 3.63) is 89.0 Å². The Bertz CT molecular complexity index is 938. The molecule has 1 aliphatic carbocycles. The van der Waals surface area contributed by atoms with E-state index in [1.54, 1.807) is 6.07 Å². The number of carbonyl (C=O) groups is 1. The minimum Gasteiger partial charge on any atom is -0.464 e. The predicted molar refractivity (Wildman–Crippen MR) is 100 cm³/mol.